The molecule has 5 aromatic rings. The second-order valence-electron chi connectivity index (χ2n) is 8.32. The summed E-state index contributed by atoms with van der Waals surface area (Å²) >= 11 is 0. The summed E-state index contributed by atoms with van der Waals surface area (Å²) in [4.78, 5) is 40.1. The first kappa shape index (κ1) is 21.8. The van der Waals surface area contributed by atoms with E-state index in [1.165, 1.54) is 0 Å². The summed E-state index contributed by atoms with van der Waals surface area (Å²) in [5.74, 6) is -0.365. The third-order valence-electron chi connectivity index (χ3n) is 6.05. The van der Waals surface area contributed by atoms with Crippen LogP contribution >= 0.6 is 0 Å². The number of rotatable bonds is 6. The molecule has 0 amide bonds. The number of carbonyl (C=O) groups excluding carboxylic acids is 1. The third kappa shape index (κ3) is 3.51. The molecule has 0 aliphatic rings. The maximum atomic E-state index is 13.5. The summed E-state index contributed by atoms with van der Waals surface area (Å²) in [6.45, 7) is 6.35. The van der Waals surface area contributed by atoms with Crippen molar-refractivity contribution in [2.24, 2.45) is 0 Å². The van der Waals surface area contributed by atoms with E-state index in [1.807, 2.05) is 49.6 Å². The van der Waals surface area contributed by atoms with Crippen LogP contribution in [-0.4, -0.2) is 36.7 Å². The van der Waals surface area contributed by atoms with Crippen LogP contribution in [0.15, 0.2) is 59.7 Å². The van der Waals surface area contributed by atoms with E-state index < -0.39 is 0 Å². The Morgan fingerprint density at radius 2 is 1.71 bits per heavy atom. The number of ether oxygens (including phenoxy) is 1. The van der Waals surface area contributed by atoms with Crippen LogP contribution < -0.4 is 5.56 Å². The first-order valence-corrected chi connectivity index (χ1v) is 11.5. The highest BCUT2D eigenvalue weighted by molar-refractivity contribution is 6.05. The topological polar surface area (TPSA) is 91.9 Å². The summed E-state index contributed by atoms with van der Waals surface area (Å²) < 4.78 is 8.71. The summed E-state index contributed by atoms with van der Waals surface area (Å²) in [6.07, 6.45) is 3.15. The minimum atomic E-state index is -0.365. The average Bonchev–Trinajstić information content (AvgIpc) is 3.19. The molecule has 0 fully saturated rings. The standard InChI is InChI=1S/C26H25N5O3/c1-4-14-34-26(33)17-10-12-18(13-11-17)31-23-21(25(32)30(15-27-23)16(3)5-2)22-24(31)29-20-9-7-6-8-19(20)28-22/h6-13,15-16H,4-5,14H2,1-3H3/t16-/m0/s1. The van der Waals surface area contributed by atoms with E-state index in [0.717, 1.165) is 24.0 Å². The van der Waals surface area contributed by atoms with Gasteiger partial charge in [0.1, 0.15) is 17.2 Å². The molecule has 8 nitrogen and oxygen atoms in total. The Bertz CT molecular complexity index is 1580. The zero-order chi connectivity index (χ0) is 23.8. The van der Waals surface area contributed by atoms with Crippen molar-refractivity contribution in [1.82, 2.24) is 24.1 Å². The fourth-order valence-electron chi connectivity index (χ4n) is 4.03. The van der Waals surface area contributed by atoms with Crippen molar-refractivity contribution < 1.29 is 9.53 Å². The zero-order valence-corrected chi connectivity index (χ0v) is 19.4. The van der Waals surface area contributed by atoms with Crippen molar-refractivity contribution in [3.8, 4) is 5.69 Å². The molecule has 3 heterocycles. The number of nitrogens with zero attached hydrogens (tertiary/aromatic N) is 5. The van der Waals surface area contributed by atoms with Crippen molar-refractivity contribution in [1.29, 1.82) is 0 Å². The van der Waals surface area contributed by atoms with Gasteiger partial charge < -0.3 is 4.74 Å². The SMILES string of the molecule is CCCOC(=O)c1ccc(-n2c3nc4ccccc4nc3c3c(=O)n([C@@H](C)CC)cnc32)cc1. The van der Waals surface area contributed by atoms with Gasteiger partial charge in [0.25, 0.3) is 5.56 Å². The molecular formula is C26H25N5O3. The highest BCUT2D eigenvalue weighted by Crippen LogP contribution is 2.28. The number of hydrogen-bond acceptors (Lipinski definition) is 6. The smallest absolute Gasteiger partial charge is 0.338 e. The van der Waals surface area contributed by atoms with Gasteiger partial charge in [0.2, 0.25) is 0 Å². The van der Waals surface area contributed by atoms with Gasteiger partial charge in [0.15, 0.2) is 11.3 Å². The second kappa shape index (κ2) is 8.70. The number of carbonyl (C=O) groups is 1. The Morgan fingerprint density at radius 1 is 1.00 bits per heavy atom. The Morgan fingerprint density at radius 3 is 2.38 bits per heavy atom. The lowest BCUT2D eigenvalue weighted by atomic mass is 10.2. The summed E-state index contributed by atoms with van der Waals surface area (Å²) in [5, 5.41) is 0.433. The predicted octanol–water partition coefficient (Wildman–Crippen LogP) is 4.82. The molecule has 0 unspecified atom stereocenters. The Kier molecular flexibility index (Phi) is 5.57. The van der Waals surface area contributed by atoms with Crippen LogP contribution in [0.1, 0.15) is 50.0 Å². The fourth-order valence-corrected chi connectivity index (χ4v) is 4.03. The highest BCUT2D eigenvalue weighted by Gasteiger charge is 2.22. The van der Waals surface area contributed by atoms with Gasteiger partial charge in [-0.2, -0.15) is 0 Å². The van der Waals surface area contributed by atoms with Gasteiger partial charge in [-0.05, 0) is 56.2 Å². The van der Waals surface area contributed by atoms with Crippen molar-refractivity contribution in [3.63, 3.8) is 0 Å². The average molecular weight is 456 g/mol. The molecule has 2 aromatic carbocycles. The van der Waals surface area contributed by atoms with Crippen LogP contribution in [-0.2, 0) is 4.74 Å². The van der Waals surface area contributed by atoms with E-state index in [2.05, 4.69) is 4.98 Å². The molecule has 0 spiro atoms. The van der Waals surface area contributed by atoms with Crippen LogP contribution in [0, 0.1) is 0 Å². The molecule has 5 rings (SSSR count). The van der Waals surface area contributed by atoms with Crippen LogP contribution in [0.4, 0.5) is 0 Å². The number of benzene rings is 2. The van der Waals surface area contributed by atoms with Crippen LogP contribution in [0.5, 0.6) is 0 Å². The van der Waals surface area contributed by atoms with Gasteiger partial charge in [0, 0.05) is 11.7 Å². The number of aromatic nitrogens is 5. The third-order valence-corrected chi connectivity index (χ3v) is 6.05. The molecule has 0 saturated heterocycles. The van der Waals surface area contributed by atoms with Crippen LogP contribution in [0.3, 0.4) is 0 Å². The molecule has 0 saturated carbocycles. The number of esters is 1. The van der Waals surface area contributed by atoms with E-state index in [4.69, 9.17) is 14.7 Å². The van der Waals surface area contributed by atoms with Gasteiger partial charge >= 0.3 is 5.97 Å². The quantitative estimate of drug-likeness (QED) is 0.341. The number of fused-ring (bicyclic) bond motifs is 4. The summed E-state index contributed by atoms with van der Waals surface area (Å²) in [6, 6.07) is 14.6. The minimum Gasteiger partial charge on any atom is -0.462 e. The molecule has 8 heteroatoms. The minimum absolute atomic E-state index is 0.00429. The lowest BCUT2D eigenvalue weighted by Gasteiger charge is -2.12. The molecule has 0 N–H and O–H groups in total. The van der Waals surface area contributed by atoms with Gasteiger partial charge in [-0.25, -0.2) is 19.7 Å². The zero-order valence-electron chi connectivity index (χ0n) is 19.4. The first-order chi connectivity index (χ1) is 16.5. The van der Waals surface area contributed by atoms with Gasteiger partial charge in [-0.1, -0.05) is 26.0 Å². The highest BCUT2D eigenvalue weighted by atomic mass is 16.5. The molecule has 0 radical (unpaired) electrons. The molecule has 34 heavy (non-hydrogen) atoms. The van der Waals surface area contributed by atoms with Gasteiger partial charge in [0.05, 0.1) is 23.2 Å². The first-order valence-electron chi connectivity index (χ1n) is 11.5. The maximum absolute atomic E-state index is 13.5. The van der Waals surface area contributed by atoms with E-state index in [0.29, 0.717) is 39.9 Å². The molecule has 0 bridgehead atoms. The van der Waals surface area contributed by atoms with E-state index >= 15 is 0 Å². The van der Waals surface area contributed by atoms with Crippen molar-refractivity contribution >= 4 is 39.2 Å². The largest absolute Gasteiger partial charge is 0.462 e. The van der Waals surface area contributed by atoms with Crippen molar-refractivity contribution in [2.45, 2.75) is 39.7 Å². The second-order valence-corrected chi connectivity index (χ2v) is 8.32. The maximum Gasteiger partial charge on any atom is 0.338 e. The van der Waals surface area contributed by atoms with E-state index in [1.54, 1.807) is 35.2 Å². The van der Waals surface area contributed by atoms with Crippen LogP contribution in [0.25, 0.3) is 38.9 Å². The Hall–Kier alpha value is -4.07. The van der Waals surface area contributed by atoms with Crippen molar-refractivity contribution in [2.75, 3.05) is 6.61 Å². The van der Waals surface area contributed by atoms with Gasteiger partial charge in [-0.3, -0.25) is 13.9 Å². The lowest BCUT2D eigenvalue weighted by Crippen LogP contribution is -2.23. The predicted molar refractivity (Wildman–Crippen MR) is 132 cm³/mol. The molecule has 0 aliphatic carbocycles. The summed E-state index contributed by atoms with van der Waals surface area (Å²) in [5.41, 5.74) is 4.01. The molecule has 172 valence electrons. The van der Waals surface area contributed by atoms with E-state index in [-0.39, 0.29) is 17.6 Å². The summed E-state index contributed by atoms with van der Waals surface area (Å²) in [7, 11) is 0. The molecule has 1 atom stereocenters. The molecule has 0 aliphatic heterocycles. The lowest BCUT2D eigenvalue weighted by molar-refractivity contribution is 0.0505. The Balaban J connectivity index is 1.78. The van der Waals surface area contributed by atoms with Crippen LogP contribution in [0.2, 0.25) is 0 Å². The number of hydrogen-bond donors (Lipinski definition) is 0. The normalized spacial score (nSPS) is 12.4. The fraction of sp³-hybridized carbons (Fsp3) is 0.269. The Labute approximate surface area is 195 Å². The number of para-hydroxylation sites is 2. The van der Waals surface area contributed by atoms with E-state index in [9.17, 15) is 9.59 Å². The molecular weight excluding hydrogens is 430 g/mol. The monoisotopic (exact) mass is 455 g/mol. The van der Waals surface area contributed by atoms with Crippen molar-refractivity contribution in [3.05, 3.63) is 70.8 Å². The molecule has 3 aromatic heterocycles. The van der Waals surface area contributed by atoms with Gasteiger partial charge in [-0.15, -0.1) is 0 Å².